The second-order valence-corrected chi connectivity index (χ2v) is 25.0. The van der Waals surface area contributed by atoms with Crippen molar-refractivity contribution in [3.63, 3.8) is 0 Å². The Morgan fingerprint density at radius 1 is 0.773 bits per heavy atom. The van der Waals surface area contributed by atoms with E-state index in [2.05, 4.69) is 112 Å². The second kappa shape index (κ2) is 15.4. The smallest absolute Gasteiger partial charge is 0.330 e. The molecule has 246 valence electrons. The van der Waals surface area contributed by atoms with Gasteiger partial charge in [0.2, 0.25) is 0 Å². The van der Waals surface area contributed by atoms with Crippen LogP contribution in [-0.4, -0.2) is 49.0 Å². The van der Waals surface area contributed by atoms with Gasteiger partial charge in [-0.15, -0.1) is 0 Å². The van der Waals surface area contributed by atoms with Crippen LogP contribution in [0.3, 0.4) is 0 Å². The fourth-order valence-electron chi connectivity index (χ4n) is 4.05. The Labute approximate surface area is 271 Å². The number of aryl methyl sites for hydroxylation is 1. The summed E-state index contributed by atoms with van der Waals surface area (Å²) >= 11 is 0. The molecule has 2 rings (SSSR count). The molecule has 0 unspecified atom stereocenters. The zero-order chi connectivity index (χ0) is 33.4. The summed E-state index contributed by atoms with van der Waals surface area (Å²) in [6.45, 7) is 31.6. The van der Waals surface area contributed by atoms with Crippen LogP contribution < -0.4 is 4.74 Å². The van der Waals surface area contributed by atoms with Crippen LogP contribution in [0.25, 0.3) is 17.2 Å². The Bertz CT molecular complexity index is 1200. The number of ether oxygens (including phenoxy) is 2. The van der Waals surface area contributed by atoms with E-state index in [4.69, 9.17) is 18.3 Å². The average Bonchev–Trinajstić information content (AvgIpc) is 2.93. The molecule has 0 fully saturated rings. The molecule has 7 heteroatoms. The number of carbonyl (C=O) groups excluding carboxylic acids is 1. The second-order valence-electron chi connectivity index (χ2n) is 15.4. The Morgan fingerprint density at radius 2 is 1.30 bits per heavy atom. The zero-order valence-corrected chi connectivity index (χ0v) is 32.0. The highest BCUT2D eigenvalue weighted by Gasteiger charge is 2.42. The standard InChI is InChI=1S/C37H60O5Si2/c1-14-30-26-32(31-19-16-29(17-20-31)18-23-34(38)39-15-2)21-22-33(30)40-25-24-37(9,27-41-43(10,11)35(3,4)5)28-42-44(12,13)36(6,7)8/h16-23,26H,14-15,24-25,27-28H2,1-13H3/b23-18+. The highest BCUT2D eigenvalue weighted by atomic mass is 28.4. The Morgan fingerprint density at radius 3 is 1.77 bits per heavy atom. The molecule has 0 saturated carbocycles. The molecular formula is C37H60O5Si2. The van der Waals surface area contributed by atoms with Crippen LogP contribution in [0, 0.1) is 5.41 Å². The molecule has 0 aromatic heterocycles. The van der Waals surface area contributed by atoms with Gasteiger partial charge in [0.05, 0.1) is 13.2 Å². The monoisotopic (exact) mass is 640 g/mol. The highest BCUT2D eigenvalue weighted by molar-refractivity contribution is 6.74. The average molecular weight is 641 g/mol. The van der Waals surface area contributed by atoms with E-state index in [9.17, 15) is 4.79 Å². The van der Waals surface area contributed by atoms with Crippen molar-refractivity contribution in [2.45, 2.75) is 111 Å². The number of hydrogen-bond donors (Lipinski definition) is 0. The molecule has 0 spiro atoms. The van der Waals surface area contributed by atoms with Gasteiger partial charge in [0, 0.05) is 24.7 Å². The van der Waals surface area contributed by atoms with E-state index >= 15 is 0 Å². The molecule has 0 aliphatic heterocycles. The molecule has 0 heterocycles. The Kier molecular flexibility index (Phi) is 13.3. The third-order valence-corrected chi connectivity index (χ3v) is 18.5. The van der Waals surface area contributed by atoms with Gasteiger partial charge in [-0.3, -0.25) is 0 Å². The highest BCUT2D eigenvalue weighted by Crippen LogP contribution is 2.40. The molecule has 2 aromatic rings. The first kappa shape index (κ1) is 38.0. The number of hydrogen-bond acceptors (Lipinski definition) is 5. The minimum absolute atomic E-state index is 0.152. The lowest BCUT2D eigenvalue weighted by Gasteiger charge is -2.42. The van der Waals surface area contributed by atoms with E-state index in [-0.39, 0.29) is 21.5 Å². The molecule has 44 heavy (non-hydrogen) atoms. The number of benzene rings is 2. The first-order chi connectivity index (χ1) is 20.2. The predicted molar refractivity (Wildman–Crippen MR) is 191 cm³/mol. The molecule has 0 saturated heterocycles. The lowest BCUT2D eigenvalue weighted by atomic mass is 9.89. The SMILES string of the molecule is CCOC(=O)/C=C/c1ccc(-c2ccc(OCCC(C)(CO[Si](C)(C)C(C)(C)C)CO[Si](C)(C)C(C)(C)C)c(CC)c2)cc1. The van der Waals surface area contributed by atoms with Crippen molar-refractivity contribution in [2.75, 3.05) is 26.4 Å². The molecular weight excluding hydrogens is 581 g/mol. The maximum absolute atomic E-state index is 11.6. The molecule has 0 bridgehead atoms. The minimum atomic E-state index is -1.91. The lowest BCUT2D eigenvalue weighted by molar-refractivity contribution is -0.137. The lowest BCUT2D eigenvalue weighted by Crippen LogP contribution is -2.47. The predicted octanol–water partition coefficient (Wildman–Crippen LogP) is 10.3. The van der Waals surface area contributed by atoms with Gasteiger partial charge in [0.1, 0.15) is 5.75 Å². The molecule has 0 aliphatic carbocycles. The molecule has 0 radical (unpaired) electrons. The largest absolute Gasteiger partial charge is 0.493 e. The van der Waals surface area contributed by atoms with E-state index < -0.39 is 16.6 Å². The quantitative estimate of drug-likeness (QED) is 0.110. The van der Waals surface area contributed by atoms with Crippen LogP contribution in [0.15, 0.2) is 48.5 Å². The van der Waals surface area contributed by atoms with E-state index in [1.165, 1.54) is 11.6 Å². The summed E-state index contributed by atoms with van der Waals surface area (Å²) < 4.78 is 25.0. The van der Waals surface area contributed by atoms with E-state index in [0.29, 0.717) is 26.4 Å². The normalized spacial score (nSPS) is 13.4. The van der Waals surface area contributed by atoms with Crippen molar-refractivity contribution in [3.8, 4) is 16.9 Å². The van der Waals surface area contributed by atoms with Crippen molar-refractivity contribution in [1.82, 2.24) is 0 Å². The van der Waals surface area contributed by atoms with Crippen LogP contribution in [-0.2, 0) is 24.8 Å². The first-order valence-electron chi connectivity index (χ1n) is 16.2. The summed E-state index contributed by atoms with van der Waals surface area (Å²) in [5.41, 5.74) is 4.25. The van der Waals surface area contributed by atoms with Gasteiger partial charge in [-0.1, -0.05) is 85.7 Å². The summed E-state index contributed by atoms with van der Waals surface area (Å²) in [7, 11) is -3.82. The summed E-state index contributed by atoms with van der Waals surface area (Å²) in [5, 5.41) is 0.310. The van der Waals surface area contributed by atoms with Gasteiger partial charge in [-0.2, -0.15) is 0 Å². The number of esters is 1. The van der Waals surface area contributed by atoms with Gasteiger partial charge in [-0.25, -0.2) is 4.79 Å². The summed E-state index contributed by atoms with van der Waals surface area (Å²) in [6, 6.07) is 14.6. The van der Waals surface area contributed by atoms with Crippen LogP contribution in [0.4, 0.5) is 0 Å². The minimum Gasteiger partial charge on any atom is -0.493 e. The molecule has 0 atom stereocenters. The summed E-state index contributed by atoms with van der Waals surface area (Å²) in [5.74, 6) is 0.606. The molecule has 2 aromatic carbocycles. The fourth-order valence-corrected chi connectivity index (χ4v) is 6.34. The van der Waals surface area contributed by atoms with Gasteiger partial charge >= 0.3 is 5.97 Å². The topological polar surface area (TPSA) is 54.0 Å². The third kappa shape index (κ3) is 11.0. The van der Waals surface area contributed by atoms with Crippen molar-refractivity contribution in [1.29, 1.82) is 0 Å². The molecule has 0 N–H and O–H groups in total. The van der Waals surface area contributed by atoms with Crippen molar-refractivity contribution in [2.24, 2.45) is 5.41 Å². The van der Waals surface area contributed by atoms with Gasteiger partial charge in [0.15, 0.2) is 16.6 Å². The maximum Gasteiger partial charge on any atom is 0.330 e. The van der Waals surface area contributed by atoms with Gasteiger partial charge in [-0.05, 0) is 96.5 Å². The van der Waals surface area contributed by atoms with Crippen LogP contribution in [0.5, 0.6) is 5.75 Å². The van der Waals surface area contributed by atoms with Gasteiger partial charge < -0.3 is 18.3 Å². The fraction of sp³-hybridized carbons (Fsp3) is 0.595. The zero-order valence-electron chi connectivity index (χ0n) is 30.0. The van der Waals surface area contributed by atoms with Crippen molar-refractivity contribution in [3.05, 3.63) is 59.7 Å². The molecule has 0 amide bonds. The number of rotatable bonds is 15. The Balaban J connectivity index is 2.17. The summed E-state index contributed by atoms with van der Waals surface area (Å²) in [6.07, 6.45) is 4.97. The van der Waals surface area contributed by atoms with Crippen LogP contribution in [0.1, 0.15) is 79.9 Å². The molecule has 0 aliphatic rings. The van der Waals surface area contributed by atoms with Crippen molar-refractivity contribution >= 4 is 28.7 Å². The van der Waals surface area contributed by atoms with Crippen molar-refractivity contribution < 1.29 is 23.1 Å². The van der Waals surface area contributed by atoms with E-state index in [1.54, 1.807) is 13.0 Å². The van der Waals surface area contributed by atoms with Crippen LogP contribution in [0.2, 0.25) is 36.3 Å². The van der Waals surface area contributed by atoms with E-state index in [0.717, 1.165) is 35.3 Å². The third-order valence-electron chi connectivity index (χ3n) is 9.52. The van der Waals surface area contributed by atoms with Gasteiger partial charge in [0.25, 0.3) is 0 Å². The Hall–Kier alpha value is -2.20. The van der Waals surface area contributed by atoms with Crippen LogP contribution >= 0.6 is 0 Å². The van der Waals surface area contributed by atoms with E-state index in [1.807, 2.05) is 12.1 Å². The summed E-state index contributed by atoms with van der Waals surface area (Å²) in [4.78, 5) is 11.6. The maximum atomic E-state index is 11.6. The molecule has 5 nitrogen and oxygen atoms in total. The first-order valence-corrected chi connectivity index (χ1v) is 22.0. The number of carbonyl (C=O) groups is 1.